The van der Waals surface area contributed by atoms with E-state index in [1.165, 1.54) is 20.2 Å². The van der Waals surface area contributed by atoms with E-state index in [0.717, 1.165) is 11.4 Å². The number of alkyl halides is 1. The summed E-state index contributed by atoms with van der Waals surface area (Å²) in [4.78, 5) is 4.21. The molecule has 1 atom stereocenters. The molecule has 4 heteroatoms. The summed E-state index contributed by atoms with van der Waals surface area (Å²) in [5, 5.41) is 3.01. The Hall–Kier alpha value is 0.170. The second-order valence-electron chi connectivity index (χ2n) is 3.62. The first kappa shape index (κ1) is 12.6. The van der Waals surface area contributed by atoms with Crippen molar-refractivity contribution >= 4 is 50.2 Å². The summed E-state index contributed by atoms with van der Waals surface area (Å²) in [5.41, 5.74) is 1.17. The van der Waals surface area contributed by atoms with E-state index in [2.05, 4.69) is 40.4 Å². The Balaban J connectivity index is 2.31. The average Bonchev–Trinajstić information content (AvgIpc) is 2.87. The Kier molecular flexibility index (Phi) is 4.11. The molecule has 2 aromatic rings. The largest absolute Gasteiger partial charge is 0.145 e. The Morgan fingerprint density at radius 3 is 2.69 bits per heavy atom. The number of thiophene rings is 2. The highest BCUT2D eigenvalue weighted by Gasteiger charge is 2.18. The number of hydrogen-bond donors (Lipinski definition) is 0. The third-order valence-corrected chi connectivity index (χ3v) is 7.07. The van der Waals surface area contributed by atoms with Crippen LogP contribution in [0.3, 0.4) is 0 Å². The molecule has 0 saturated heterocycles. The molecule has 0 aliphatic carbocycles. The summed E-state index contributed by atoms with van der Waals surface area (Å²) < 4.78 is 0. The molecule has 0 saturated carbocycles. The van der Waals surface area contributed by atoms with Crippen molar-refractivity contribution in [2.24, 2.45) is 0 Å². The highest BCUT2D eigenvalue weighted by molar-refractivity contribution is 9.09. The second-order valence-corrected chi connectivity index (χ2v) is 7.02. The van der Waals surface area contributed by atoms with Crippen molar-refractivity contribution in [2.45, 2.75) is 25.1 Å². The van der Waals surface area contributed by atoms with Gasteiger partial charge in [-0.2, -0.15) is 0 Å². The molecular weight excluding hydrogens is 324 g/mol. The van der Waals surface area contributed by atoms with E-state index in [-0.39, 0.29) is 4.83 Å². The molecule has 0 amide bonds. The zero-order chi connectivity index (χ0) is 11.7. The molecule has 0 spiro atoms. The van der Waals surface area contributed by atoms with E-state index >= 15 is 0 Å². The van der Waals surface area contributed by atoms with Gasteiger partial charge >= 0.3 is 0 Å². The van der Waals surface area contributed by atoms with Crippen LogP contribution in [0.5, 0.6) is 0 Å². The van der Waals surface area contributed by atoms with Crippen molar-refractivity contribution in [1.82, 2.24) is 0 Å². The van der Waals surface area contributed by atoms with Gasteiger partial charge in [-0.1, -0.05) is 34.5 Å². The molecule has 86 valence electrons. The highest BCUT2D eigenvalue weighted by atomic mass is 79.9. The fraction of sp³-hybridized carbons (Fsp3) is 0.333. The van der Waals surface area contributed by atoms with Crippen molar-refractivity contribution in [3.8, 4) is 0 Å². The lowest BCUT2D eigenvalue weighted by Crippen LogP contribution is -1.85. The SMILES string of the molecule is CCc1ccc(C(Br)c2scc(C)c2Cl)s1. The van der Waals surface area contributed by atoms with Crippen LogP contribution in [0.4, 0.5) is 0 Å². The van der Waals surface area contributed by atoms with Crippen molar-refractivity contribution in [1.29, 1.82) is 0 Å². The van der Waals surface area contributed by atoms with Crippen LogP contribution in [0.2, 0.25) is 5.02 Å². The number of aryl methyl sites for hydroxylation is 2. The first-order chi connectivity index (χ1) is 7.63. The van der Waals surface area contributed by atoms with E-state index in [0.29, 0.717) is 0 Å². The summed E-state index contributed by atoms with van der Waals surface area (Å²) in [6.45, 7) is 4.23. The average molecular weight is 336 g/mol. The van der Waals surface area contributed by atoms with Crippen LogP contribution in [-0.2, 0) is 6.42 Å². The van der Waals surface area contributed by atoms with Gasteiger partial charge in [0.1, 0.15) is 0 Å². The third kappa shape index (κ3) is 2.37. The van der Waals surface area contributed by atoms with Crippen LogP contribution >= 0.6 is 50.2 Å². The lowest BCUT2D eigenvalue weighted by molar-refractivity contribution is 1.19. The smallest absolute Gasteiger partial charge is 0.0846 e. The van der Waals surface area contributed by atoms with Crippen molar-refractivity contribution < 1.29 is 0 Å². The van der Waals surface area contributed by atoms with Gasteiger partial charge in [0.2, 0.25) is 0 Å². The van der Waals surface area contributed by atoms with Crippen LogP contribution in [0.15, 0.2) is 17.5 Å². The zero-order valence-electron chi connectivity index (χ0n) is 9.09. The van der Waals surface area contributed by atoms with Gasteiger partial charge < -0.3 is 0 Å². The van der Waals surface area contributed by atoms with Crippen LogP contribution in [0.25, 0.3) is 0 Å². The summed E-state index contributed by atoms with van der Waals surface area (Å²) in [7, 11) is 0. The van der Waals surface area contributed by atoms with Crippen LogP contribution in [0.1, 0.15) is 31.9 Å². The molecular formula is C12H12BrClS2. The molecule has 2 rings (SSSR count). The van der Waals surface area contributed by atoms with Gasteiger partial charge in [0.25, 0.3) is 0 Å². The Morgan fingerprint density at radius 1 is 1.44 bits per heavy atom. The van der Waals surface area contributed by atoms with Crippen molar-refractivity contribution in [3.05, 3.63) is 42.7 Å². The molecule has 0 aliphatic heterocycles. The number of rotatable bonds is 3. The maximum absolute atomic E-state index is 6.28. The zero-order valence-corrected chi connectivity index (χ0v) is 13.1. The standard InChI is InChI=1S/C12H12BrClS2/c1-3-8-4-5-9(16-8)10(13)12-11(14)7(2)6-15-12/h4-6,10H,3H2,1-2H3. The van der Waals surface area contributed by atoms with E-state index in [1.807, 2.05) is 18.3 Å². The second kappa shape index (κ2) is 5.21. The van der Waals surface area contributed by atoms with Crippen LogP contribution in [-0.4, -0.2) is 0 Å². The third-order valence-electron chi connectivity index (χ3n) is 2.44. The molecule has 0 aromatic carbocycles. The first-order valence-corrected chi connectivity index (χ1v) is 8.08. The Bertz CT molecular complexity index is 487. The van der Waals surface area contributed by atoms with E-state index in [4.69, 9.17) is 11.6 Å². The molecule has 2 heterocycles. The van der Waals surface area contributed by atoms with Crippen molar-refractivity contribution in [3.63, 3.8) is 0 Å². The van der Waals surface area contributed by atoms with E-state index in [9.17, 15) is 0 Å². The molecule has 0 nitrogen and oxygen atoms in total. The lowest BCUT2D eigenvalue weighted by Gasteiger charge is -2.05. The molecule has 0 radical (unpaired) electrons. The van der Waals surface area contributed by atoms with Crippen molar-refractivity contribution in [2.75, 3.05) is 0 Å². The first-order valence-electron chi connectivity index (χ1n) is 5.09. The van der Waals surface area contributed by atoms with E-state index in [1.54, 1.807) is 11.3 Å². The van der Waals surface area contributed by atoms with Crippen LogP contribution < -0.4 is 0 Å². The van der Waals surface area contributed by atoms with Gasteiger partial charge in [-0.15, -0.1) is 22.7 Å². The Morgan fingerprint density at radius 2 is 2.19 bits per heavy atom. The molecule has 1 unspecified atom stereocenters. The lowest BCUT2D eigenvalue weighted by atomic mass is 10.2. The molecule has 0 N–H and O–H groups in total. The van der Waals surface area contributed by atoms with Gasteiger partial charge in [0.15, 0.2) is 0 Å². The maximum atomic E-state index is 6.28. The monoisotopic (exact) mass is 334 g/mol. The van der Waals surface area contributed by atoms with Gasteiger partial charge in [-0.3, -0.25) is 0 Å². The van der Waals surface area contributed by atoms with Gasteiger partial charge in [-0.25, -0.2) is 0 Å². The molecule has 0 bridgehead atoms. The minimum Gasteiger partial charge on any atom is -0.145 e. The predicted octanol–water partition coefficient (Wildman–Crippen LogP) is 5.82. The van der Waals surface area contributed by atoms with Gasteiger partial charge in [0.05, 0.1) is 9.85 Å². The molecule has 2 aromatic heterocycles. The van der Waals surface area contributed by atoms with Gasteiger partial charge in [0, 0.05) is 14.6 Å². The molecule has 16 heavy (non-hydrogen) atoms. The minimum absolute atomic E-state index is 0.240. The summed E-state index contributed by atoms with van der Waals surface area (Å²) in [6, 6.07) is 4.39. The predicted molar refractivity (Wildman–Crippen MR) is 78.5 cm³/mol. The maximum Gasteiger partial charge on any atom is 0.0846 e. The molecule has 0 aliphatic rings. The quantitative estimate of drug-likeness (QED) is 0.620. The number of halogens is 2. The molecule has 0 fully saturated rings. The minimum atomic E-state index is 0.240. The summed E-state index contributed by atoms with van der Waals surface area (Å²) in [5.74, 6) is 0. The number of hydrogen-bond acceptors (Lipinski definition) is 2. The van der Waals surface area contributed by atoms with Gasteiger partial charge in [-0.05, 0) is 36.4 Å². The Labute approximate surface area is 117 Å². The highest BCUT2D eigenvalue weighted by Crippen LogP contribution is 2.42. The fourth-order valence-corrected chi connectivity index (χ4v) is 4.90. The van der Waals surface area contributed by atoms with Crippen LogP contribution in [0, 0.1) is 6.92 Å². The fourth-order valence-electron chi connectivity index (χ4n) is 1.47. The topological polar surface area (TPSA) is 0 Å². The normalized spacial score (nSPS) is 13.0. The summed E-state index contributed by atoms with van der Waals surface area (Å²) >= 11 is 13.6. The summed E-state index contributed by atoms with van der Waals surface area (Å²) in [6.07, 6.45) is 1.10. The van der Waals surface area contributed by atoms with E-state index < -0.39 is 0 Å².